The lowest BCUT2D eigenvalue weighted by Crippen LogP contribution is -2.45. The van der Waals surface area contributed by atoms with E-state index in [1.165, 1.54) is 0 Å². The van der Waals surface area contributed by atoms with Crippen LogP contribution in [0.25, 0.3) is 10.9 Å². The summed E-state index contributed by atoms with van der Waals surface area (Å²) in [4.78, 5) is 4.35. The highest BCUT2D eigenvalue weighted by molar-refractivity contribution is 14.0. The first-order valence-corrected chi connectivity index (χ1v) is 7.05. The Balaban J connectivity index is 0.00000220. The zero-order valence-electron chi connectivity index (χ0n) is 12.6. The van der Waals surface area contributed by atoms with Gasteiger partial charge in [-0.1, -0.05) is 11.6 Å². The van der Waals surface area contributed by atoms with Gasteiger partial charge in [0.05, 0.1) is 6.54 Å². The van der Waals surface area contributed by atoms with Crippen molar-refractivity contribution in [3.63, 3.8) is 0 Å². The van der Waals surface area contributed by atoms with E-state index in [4.69, 9.17) is 17.3 Å². The molecule has 0 spiro atoms. The molecule has 0 amide bonds. The number of nitrogens with one attached hydrogen (secondary N) is 1. The molecule has 0 radical (unpaired) electrons. The Morgan fingerprint density at radius 3 is 2.71 bits per heavy atom. The van der Waals surface area contributed by atoms with Gasteiger partial charge in [0.1, 0.15) is 0 Å². The first-order valence-electron chi connectivity index (χ1n) is 6.68. The third-order valence-corrected chi connectivity index (χ3v) is 3.09. The van der Waals surface area contributed by atoms with Crippen LogP contribution < -0.4 is 11.1 Å². The van der Waals surface area contributed by atoms with Crippen molar-refractivity contribution in [3.8, 4) is 0 Å². The highest BCUT2D eigenvalue weighted by atomic mass is 127. The van der Waals surface area contributed by atoms with Crippen LogP contribution in [0.3, 0.4) is 0 Å². The fourth-order valence-electron chi connectivity index (χ4n) is 2.07. The molecule has 0 atom stereocenters. The van der Waals surface area contributed by atoms with Gasteiger partial charge in [-0.15, -0.1) is 24.0 Å². The van der Waals surface area contributed by atoms with E-state index in [2.05, 4.69) is 41.7 Å². The number of aliphatic imine (C=N–C) groups is 1. The van der Waals surface area contributed by atoms with E-state index in [0.29, 0.717) is 12.5 Å². The summed E-state index contributed by atoms with van der Waals surface area (Å²) in [6.07, 6.45) is 2.05. The van der Waals surface area contributed by atoms with Crippen molar-refractivity contribution >= 4 is 52.4 Å². The third kappa shape index (κ3) is 5.39. The number of aromatic nitrogens is 1. The molecule has 2 aromatic rings. The molecule has 0 saturated heterocycles. The summed E-state index contributed by atoms with van der Waals surface area (Å²) in [7, 11) is 0. The van der Waals surface area contributed by atoms with Gasteiger partial charge in [0, 0.05) is 34.2 Å². The summed E-state index contributed by atoms with van der Waals surface area (Å²) >= 11 is 5.98. The van der Waals surface area contributed by atoms with E-state index < -0.39 is 0 Å². The molecular weight excluding hydrogens is 399 g/mol. The van der Waals surface area contributed by atoms with E-state index in [9.17, 15) is 0 Å². The van der Waals surface area contributed by atoms with Crippen molar-refractivity contribution in [2.24, 2.45) is 10.7 Å². The number of rotatable bonds is 3. The van der Waals surface area contributed by atoms with Crippen LogP contribution >= 0.6 is 35.6 Å². The van der Waals surface area contributed by atoms with Crippen molar-refractivity contribution in [1.29, 1.82) is 0 Å². The molecule has 0 aliphatic heterocycles. The molecule has 116 valence electrons. The summed E-state index contributed by atoms with van der Waals surface area (Å²) < 4.78 is 2.15. The van der Waals surface area contributed by atoms with Crippen molar-refractivity contribution in [1.82, 2.24) is 9.88 Å². The second-order valence-electron chi connectivity index (χ2n) is 5.85. The van der Waals surface area contributed by atoms with Gasteiger partial charge in [0.15, 0.2) is 5.96 Å². The van der Waals surface area contributed by atoms with Gasteiger partial charge >= 0.3 is 0 Å². The van der Waals surface area contributed by atoms with Gasteiger partial charge in [-0.3, -0.25) is 4.99 Å². The maximum atomic E-state index is 5.98. The minimum atomic E-state index is -0.0650. The van der Waals surface area contributed by atoms with Crippen LogP contribution in [0.2, 0.25) is 5.02 Å². The number of fused-ring (bicyclic) bond motifs is 1. The zero-order valence-corrected chi connectivity index (χ0v) is 15.6. The Morgan fingerprint density at radius 1 is 1.33 bits per heavy atom. The van der Waals surface area contributed by atoms with Crippen molar-refractivity contribution < 1.29 is 0 Å². The fourth-order valence-corrected chi connectivity index (χ4v) is 2.25. The molecule has 1 heterocycles. The number of hydrogen-bond acceptors (Lipinski definition) is 1. The number of nitrogens with zero attached hydrogens (tertiary/aromatic N) is 2. The normalized spacial score (nSPS) is 12.3. The number of benzene rings is 1. The molecule has 0 aliphatic rings. The Labute approximate surface area is 147 Å². The van der Waals surface area contributed by atoms with Crippen molar-refractivity contribution in [3.05, 3.63) is 35.5 Å². The van der Waals surface area contributed by atoms with Crippen LogP contribution in [0, 0.1) is 0 Å². The first kappa shape index (κ1) is 18.1. The average molecular weight is 421 g/mol. The maximum Gasteiger partial charge on any atom is 0.189 e. The van der Waals surface area contributed by atoms with Gasteiger partial charge in [0.2, 0.25) is 0 Å². The number of guanidine groups is 1. The topological polar surface area (TPSA) is 55.3 Å². The number of nitrogens with two attached hydrogens (primary N) is 1. The van der Waals surface area contributed by atoms with Gasteiger partial charge in [-0.2, -0.15) is 0 Å². The standard InChI is InChI=1S/C15H21ClN4.HI/c1-15(2,3)19-14(17)18-7-9-20-8-6-11-10-12(16)4-5-13(11)20;/h4-6,8,10H,7,9H2,1-3H3,(H3,17,18,19);1H. The van der Waals surface area contributed by atoms with Gasteiger partial charge in [-0.25, -0.2) is 0 Å². The molecule has 2 rings (SSSR count). The van der Waals surface area contributed by atoms with Gasteiger partial charge < -0.3 is 15.6 Å². The smallest absolute Gasteiger partial charge is 0.189 e. The lowest BCUT2D eigenvalue weighted by Gasteiger charge is -2.21. The summed E-state index contributed by atoms with van der Waals surface area (Å²) in [5.74, 6) is 0.483. The molecule has 1 aromatic carbocycles. The molecule has 0 bridgehead atoms. The van der Waals surface area contributed by atoms with E-state index in [0.717, 1.165) is 22.5 Å². The Hall–Kier alpha value is -0.950. The molecule has 21 heavy (non-hydrogen) atoms. The molecule has 0 aliphatic carbocycles. The highest BCUT2D eigenvalue weighted by Crippen LogP contribution is 2.20. The second-order valence-corrected chi connectivity index (χ2v) is 6.29. The van der Waals surface area contributed by atoms with E-state index >= 15 is 0 Å². The number of hydrogen-bond donors (Lipinski definition) is 2. The molecule has 3 N–H and O–H groups in total. The van der Waals surface area contributed by atoms with Crippen molar-refractivity contribution in [2.75, 3.05) is 6.54 Å². The van der Waals surface area contributed by atoms with E-state index in [1.807, 2.05) is 24.4 Å². The number of halogens is 2. The van der Waals surface area contributed by atoms with Gasteiger partial charge in [-0.05, 0) is 45.0 Å². The van der Waals surface area contributed by atoms with E-state index in [1.54, 1.807) is 0 Å². The zero-order chi connectivity index (χ0) is 14.8. The summed E-state index contributed by atoms with van der Waals surface area (Å²) in [5.41, 5.74) is 6.94. The summed E-state index contributed by atoms with van der Waals surface area (Å²) in [6.45, 7) is 7.59. The molecule has 0 unspecified atom stereocenters. The minimum absolute atomic E-state index is 0. The summed E-state index contributed by atoms with van der Waals surface area (Å²) in [6, 6.07) is 7.95. The molecule has 0 fully saturated rings. The SMILES string of the molecule is CC(C)(C)NC(N)=NCCn1ccc2cc(Cl)ccc21.I. The van der Waals surface area contributed by atoms with E-state index in [-0.39, 0.29) is 29.5 Å². The molecule has 4 nitrogen and oxygen atoms in total. The quantitative estimate of drug-likeness (QED) is 0.453. The van der Waals surface area contributed by atoms with Crippen LogP contribution in [-0.2, 0) is 6.54 Å². The van der Waals surface area contributed by atoms with Crippen LogP contribution in [0.1, 0.15) is 20.8 Å². The predicted molar refractivity (Wildman–Crippen MR) is 102 cm³/mol. The monoisotopic (exact) mass is 420 g/mol. The third-order valence-electron chi connectivity index (χ3n) is 2.86. The molecular formula is C15H22ClIN4. The van der Waals surface area contributed by atoms with Crippen molar-refractivity contribution in [2.45, 2.75) is 32.9 Å². The van der Waals surface area contributed by atoms with Crippen LogP contribution in [-0.4, -0.2) is 22.6 Å². The lowest BCUT2D eigenvalue weighted by atomic mass is 10.1. The maximum absolute atomic E-state index is 5.98. The molecule has 6 heteroatoms. The lowest BCUT2D eigenvalue weighted by molar-refractivity contribution is 0.507. The van der Waals surface area contributed by atoms with Gasteiger partial charge in [0.25, 0.3) is 0 Å². The Morgan fingerprint density at radius 2 is 2.05 bits per heavy atom. The Kier molecular flexibility index (Phi) is 6.34. The Bertz CT molecular complexity index is 628. The predicted octanol–water partition coefficient (Wildman–Crippen LogP) is 3.62. The highest BCUT2D eigenvalue weighted by Gasteiger charge is 2.09. The van der Waals surface area contributed by atoms with Crippen LogP contribution in [0.15, 0.2) is 35.5 Å². The average Bonchev–Trinajstić information content (AvgIpc) is 2.69. The second kappa shape index (κ2) is 7.35. The molecule has 1 aromatic heterocycles. The first-order chi connectivity index (χ1) is 9.35. The minimum Gasteiger partial charge on any atom is -0.370 e. The summed E-state index contributed by atoms with van der Waals surface area (Å²) in [5, 5.41) is 5.04. The van der Waals surface area contributed by atoms with Crippen LogP contribution in [0.5, 0.6) is 0 Å². The fraction of sp³-hybridized carbons (Fsp3) is 0.400. The van der Waals surface area contributed by atoms with Crippen LogP contribution in [0.4, 0.5) is 0 Å². The largest absolute Gasteiger partial charge is 0.370 e. The molecule has 0 saturated carbocycles.